The fourth-order valence-corrected chi connectivity index (χ4v) is 3.71. The van der Waals surface area contributed by atoms with E-state index in [-0.39, 0.29) is 5.82 Å². The minimum absolute atomic E-state index is 0.270. The van der Waals surface area contributed by atoms with Crippen LogP contribution in [0.25, 0.3) is 0 Å². The van der Waals surface area contributed by atoms with Crippen molar-refractivity contribution in [1.29, 1.82) is 0 Å². The average Bonchev–Trinajstić information content (AvgIpc) is 2.65. The molecule has 25 heavy (non-hydrogen) atoms. The quantitative estimate of drug-likeness (QED) is 0.725. The highest BCUT2D eigenvalue weighted by atomic mass is 19.1. The number of quaternary nitrogens is 1. The second-order valence-electron chi connectivity index (χ2n) is 7.12. The lowest BCUT2D eigenvalue weighted by molar-refractivity contribution is -0.906. The first kappa shape index (κ1) is 17.9. The van der Waals surface area contributed by atoms with Gasteiger partial charge in [0.1, 0.15) is 0 Å². The monoisotopic (exact) mass is 342 g/mol. The summed E-state index contributed by atoms with van der Waals surface area (Å²) in [5.74, 6) is 0.945. The Balaban J connectivity index is 1.27. The molecule has 0 aliphatic carbocycles. The molecule has 0 atom stereocenters. The SMILES string of the molecule is Fc1ccccc1OCCCC[NH+]1CCC(Cc2ccccc2)CC1. The molecule has 0 bridgehead atoms. The maximum atomic E-state index is 13.5. The van der Waals surface area contributed by atoms with Gasteiger partial charge in [0.05, 0.1) is 26.2 Å². The number of para-hydroxylation sites is 1. The summed E-state index contributed by atoms with van der Waals surface area (Å²) in [6.45, 7) is 4.38. The molecule has 0 spiro atoms. The minimum atomic E-state index is -0.270. The maximum Gasteiger partial charge on any atom is 0.165 e. The summed E-state index contributed by atoms with van der Waals surface area (Å²) in [5, 5.41) is 0. The van der Waals surface area contributed by atoms with E-state index in [0.717, 1.165) is 18.8 Å². The molecule has 1 fully saturated rings. The minimum Gasteiger partial charge on any atom is -0.491 e. The third kappa shape index (κ3) is 5.86. The average molecular weight is 342 g/mol. The molecule has 2 aromatic rings. The molecule has 2 nitrogen and oxygen atoms in total. The first-order valence-corrected chi connectivity index (χ1v) is 9.56. The van der Waals surface area contributed by atoms with Gasteiger partial charge >= 0.3 is 0 Å². The Hall–Kier alpha value is -1.87. The third-order valence-electron chi connectivity index (χ3n) is 5.20. The van der Waals surface area contributed by atoms with Crippen LogP contribution in [0.4, 0.5) is 4.39 Å². The Bertz CT molecular complexity index is 623. The Kier molecular flexibility index (Phi) is 6.87. The summed E-state index contributed by atoms with van der Waals surface area (Å²) in [5.41, 5.74) is 1.47. The van der Waals surface area contributed by atoms with Crippen molar-refractivity contribution in [2.24, 2.45) is 5.92 Å². The van der Waals surface area contributed by atoms with E-state index in [1.165, 1.54) is 50.5 Å². The van der Waals surface area contributed by atoms with Gasteiger partial charge in [0, 0.05) is 0 Å². The number of rotatable bonds is 8. The highest BCUT2D eigenvalue weighted by Crippen LogP contribution is 2.17. The van der Waals surface area contributed by atoms with Gasteiger partial charge in [0.15, 0.2) is 11.6 Å². The van der Waals surface area contributed by atoms with Crippen LogP contribution in [0.1, 0.15) is 31.2 Å². The summed E-state index contributed by atoms with van der Waals surface area (Å²) in [6.07, 6.45) is 6.02. The zero-order valence-corrected chi connectivity index (χ0v) is 14.9. The number of halogens is 1. The van der Waals surface area contributed by atoms with Crippen molar-refractivity contribution < 1.29 is 14.0 Å². The lowest BCUT2D eigenvalue weighted by Gasteiger charge is -2.29. The maximum absolute atomic E-state index is 13.5. The van der Waals surface area contributed by atoms with E-state index in [9.17, 15) is 4.39 Å². The molecular weight excluding hydrogens is 313 g/mol. The first-order chi connectivity index (χ1) is 12.3. The van der Waals surface area contributed by atoms with Crippen LogP contribution in [0.15, 0.2) is 54.6 Å². The smallest absolute Gasteiger partial charge is 0.165 e. The van der Waals surface area contributed by atoms with Crippen LogP contribution in [-0.4, -0.2) is 26.2 Å². The molecule has 134 valence electrons. The van der Waals surface area contributed by atoms with Gasteiger partial charge < -0.3 is 9.64 Å². The third-order valence-corrected chi connectivity index (χ3v) is 5.20. The number of piperidine rings is 1. The van der Waals surface area contributed by atoms with Gasteiger partial charge in [0.2, 0.25) is 0 Å². The Morgan fingerprint density at radius 3 is 2.40 bits per heavy atom. The van der Waals surface area contributed by atoms with Crippen molar-refractivity contribution in [3.63, 3.8) is 0 Å². The lowest BCUT2D eigenvalue weighted by Crippen LogP contribution is -3.13. The zero-order chi connectivity index (χ0) is 17.3. The first-order valence-electron chi connectivity index (χ1n) is 9.56. The molecule has 1 aliphatic heterocycles. The van der Waals surface area contributed by atoms with Crippen LogP contribution in [0.5, 0.6) is 5.75 Å². The summed E-state index contributed by atoms with van der Waals surface area (Å²) in [4.78, 5) is 1.72. The van der Waals surface area contributed by atoms with E-state index < -0.39 is 0 Å². The van der Waals surface area contributed by atoms with Gasteiger partial charge in [-0.1, -0.05) is 42.5 Å². The summed E-state index contributed by atoms with van der Waals surface area (Å²) in [7, 11) is 0. The molecule has 1 N–H and O–H groups in total. The van der Waals surface area contributed by atoms with E-state index in [2.05, 4.69) is 30.3 Å². The van der Waals surface area contributed by atoms with Gasteiger partial charge in [-0.3, -0.25) is 0 Å². The molecule has 0 saturated carbocycles. The van der Waals surface area contributed by atoms with E-state index in [1.54, 1.807) is 17.0 Å². The van der Waals surface area contributed by atoms with Crippen molar-refractivity contribution in [2.75, 3.05) is 26.2 Å². The number of unbranched alkanes of at least 4 members (excludes halogenated alkanes) is 1. The molecule has 3 rings (SSSR count). The second-order valence-corrected chi connectivity index (χ2v) is 7.12. The zero-order valence-electron chi connectivity index (χ0n) is 14.9. The van der Waals surface area contributed by atoms with Crippen LogP contribution >= 0.6 is 0 Å². The van der Waals surface area contributed by atoms with Gasteiger partial charge in [-0.2, -0.15) is 0 Å². The van der Waals surface area contributed by atoms with Crippen LogP contribution in [0.2, 0.25) is 0 Å². The molecule has 3 heteroatoms. The molecule has 0 amide bonds. The van der Waals surface area contributed by atoms with Gasteiger partial charge in [0.25, 0.3) is 0 Å². The fourth-order valence-electron chi connectivity index (χ4n) is 3.71. The predicted molar refractivity (Wildman–Crippen MR) is 99.6 cm³/mol. The molecular formula is C22H29FNO+. The predicted octanol–water partition coefficient (Wildman–Crippen LogP) is 3.52. The van der Waals surface area contributed by atoms with Crippen molar-refractivity contribution >= 4 is 0 Å². The number of likely N-dealkylation sites (tertiary alicyclic amines) is 1. The normalized spacial score (nSPS) is 20.4. The molecule has 0 radical (unpaired) electrons. The number of hydrogen-bond donors (Lipinski definition) is 1. The molecule has 1 saturated heterocycles. The summed E-state index contributed by atoms with van der Waals surface area (Å²) < 4.78 is 19.0. The highest BCUT2D eigenvalue weighted by molar-refractivity contribution is 5.23. The number of nitrogens with one attached hydrogen (secondary N) is 1. The summed E-state index contributed by atoms with van der Waals surface area (Å²) >= 11 is 0. The van der Waals surface area contributed by atoms with Gasteiger partial charge in [-0.25, -0.2) is 4.39 Å². The van der Waals surface area contributed by atoms with E-state index in [1.807, 2.05) is 6.07 Å². The van der Waals surface area contributed by atoms with Crippen LogP contribution < -0.4 is 9.64 Å². The number of ether oxygens (including phenoxy) is 1. The van der Waals surface area contributed by atoms with Crippen molar-refractivity contribution in [3.8, 4) is 5.75 Å². The summed E-state index contributed by atoms with van der Waals surface area (Å²) in [6, 6.07) is 17.5. The van der Waals surface area contributed by atoms with Crippen molar-refractivity contribution in [3.05, 3.63) is 66.0 Å². The van der Waals surface area contributed by atoms with E-state index in [0.29, 0.717) is 12.4 Å². The lowest BCUT2D eigenvalue weighted by atomic mass is 9.90. The van der Waals surface area contributed by atoms with Crippen molar-refractivity contribution in [2.45, 2.75) is 32.1 Å². The molecule has 0 unspecified atom stereocenters. The van der Waals surface area contributed by atoms with E-state index in [4.69, 9.17) is 4.74 Å². The van der Waals surface area contributed by atoms with E-state index >= 15 is 0 Å². The Morgan fingerprint density at radius 1 is 0.920 bits per heavy atom. The van der Waals surface area contributed by atoms with Gasteiger partial charge in [-0.05, 0) is 55.7 Å². The molecule has 2 aromatic carbocycles. The van der Waals surface area contributed by atoms with Crippen LogP contribution in [0.3, 0.4) is 0 Å². The highest BCUT2D eigenvalue weighted by Gasteiger charge is 2.21. The topological polar surface area (TPSA) is 13.7 Å². The molecule has 0 aromatic heterocycles. The number of benzene rings is 2. The molecule has 1 aliphatic rings. The molecule has 1 heterocycles. The number of hydrogen-bond acceptors (Lipinski definition) is 1. The Labute approximate surface area is 150 Å². The van der Waals surface area contributed by atoms with Crippen LogP contribution in [0, 0.1) is 11.7 Å². The van der Waals surface area contributed by atoms with Gasteiger partial charge in [-0.15, -0.1) is 0 Å². The van der Waals surface area contributed by atoms with Crippen LogP contribution in [-0.2, 0) is 6.42 Å². The largest absolute Gasteiger partial charge is 0.491 e. The van der Waals surface area contributed by atoms with Crippen molar-refractivity contribution in [1.82, 2.24) is 0 Å². The fraction of sp³-hybridized carbons (Fsp3) is 0.455. The Morgan fingerprint density at radius 2 is 1.64 bits per heavy atom. The second kappa shape index (κ2) is 9.57. The standard InChI is InChI=1S/C22H28FNO/c23-21-10-4-5-11-22(21)25-17-7-6-14-24-15-12-20(13-16-24)18-19-8-2-1-3-9-19/h1-5,8-11,20H,6-7,12-18H2/p+1.